The fourth-order valence-electron chi connectivity index (χ4n) is 2.39. The molecule has 1 aliphatic heterocycles. The van der Waals surface area contributed by atoms with Gasteiger partial charge in [-0.15, -0.1) is 0 Å². The number of fused-ring (bicyclic) bond motifs is 1. The largest absolute Gasteiger partial charge is 0.381 e. The maximum atomic E-state index is 12.1. The van der Waals surface area contributed by atoms with Gasteiger partial charge < -0.3 is 10.1 Å². The molecule has 0 spiro atoms. The lowest BCUT2D eigenvalue weighted by Crippen LogP contribution is -2.39. The van der Waals surface area contributed by atoms with Crippen molar-refractivity contribution in [3.05, 3.63) is 47.1 Å². The Hall–Kier alpha value is -1.61. The molecule has 0 aromatic carbocycles. The maximum Gasteiger partial charge on any atom is 0.252 e. The molecule has 3 heteroatoms. The van der Waals surface area contributed by atoms with E-state index in [2.05, 4.69) is 5.32 Å². The average molecular weight is 229 g/mol. The number of hydrogen-bond acceptors (Lipinski definition) is 2. The predicted molar refractivity (Wildman–Crippen MR) is 65.4 cm³/mol. The van der Waals surface area contributed by atoms with Crippen LogP contribution in [0, 0.1) is 0 Å². The molecule has 0 aromatic rings. The summed E-state index contributed by atoms with van der Waals surface area (Å²) in [4.78, 5) is 12.1. The van der Waals surface area contributed by atoms with Crippen molar-refractivity contribution in [2.45, 2.75) is 18.9 Å². The fourth-order valence-corrected chi connectivity index (χ4v) is 2.39. The summed E-state index contributed by atoms with van der Waals surface area (Å²) in [6, 6.07) is 0.260. The van der Waals surface area contributed by atoms with E-state index in [1.807, 2.05) is 30.4 Å². The van der Waals surface area contributed by atoms with E-state index in [0.29, 0.717) is 0 Å². The highest BCUT2D eigenvalue weighted by molar-refractivity contribution is 6.00. The molecule has 0 atom stereocenters. The van der Waals surface area contributed by atoms with E-state index < -0.39 is 0 Å². The molecule has 1 fully saturated rings. The summed E-state index contributed by atoms with van der Waals surface area (Å²) in [6.45, 7) is 1.50. The summed E-state index contributed by atoms with van der Waals surface area (Å²) in [5.74, 6) is 0.0399. The van der Waals surface area contributed by atoms with Crippen molar-refractivity contribution >= 4 is 5.91 Å². The van der Waals surface area contributed by atoms with Crippen LogP contribution in [0.5, 0.6) is 0 Å². The molecule has 0 aromatic heterocycles. The highest BCUT2D eigenvalue weighted by Crippen LogP contribution is 2.29. The molecule has 0 unspecified atom stereocenters. The minimum absolute atomic E-state index is 0.0399. The van der Waals surface area contributed by atoms with Crippen LogP contribution in [-0.4, -0.2) is 25.2 Å². The van der Waals surface area contributed by atoms with E-state index in [-0.39, 0.29) is 11.9 Å². The fraction of sp³-hybridized carbons (Fsp3) is 0.357. The summed E-state index contributed by atoms with van der Waals surface area (Å²) in [5.41, 5.74) is 2.98. The van der Waals surface area contributed by atoms with Gasteiger partial charge in [0.2, 0.25) is 0 Å². The Morgan fingerprint density at radius 3 is 2.88 bits per heavy atom. The summed E-state index contributed by atoms with van der Waals surface area (Å²) < 4.78 is 5.28. The van der Waals surface area contributed by atoms with Gasteiger partial charge in [0.25, 0.3) is 5.91 Å². The zero-order chi connectivity index (χ0) is 11.7. The molecule has 3 aliphatic rings. The Kier molecular flexibility index (Phi) is 2.69. The van der Waals surface area contributed by atoms with Crippen LogP contribution in [0.25, 0.3) is 0 Å². The van der Waals surface area contributed by atoms with Crippen LogP contribution in [0.15, 0.2) is 47.1 Å². The third-order valence-electron chi connectivity index (χ3n) is 3.37. The van der Waals surface area contributed by atoms with Gasteiger partial charge in [0.15, 0.2) is 0 Å². The summed E-state index contributed by atoms with van der Waals surface area (Å²) in [5, 5.41) is 3.08. The van der Waals surface area contributed by atoms with Crippen molar-refractivity contribution in [1.29, 1.82) is 0 Å². The van der Waals surface area contributed by atoms with Crippen molar-refractivity contribution in [3.8, 4) is 0 Å². The monoisotopic (exact) mass is 229 g/mol. The molecule has 17 heavy (non-hydrogen) atoms. The first-order valence-electron chi connectivity index (χ1n) is 6.04. The SMILES string of the molecule is O=C(NC1CCOCC1)C1=C2C=CC=C2C=C1. The van der Waals surface area contributed by atoms with Gasteiger partial charge in [-0.3, -0.25) is 4.79 Å². The normalized spacial score (nSPS) is 22.9. The molecule has 0 saturated carbocycles. The minimum Gasteiger partial charge on any atom is -0.381 e. The molecule has 0 bridgehead atoms. The van der Waals surface area contributed by atoms with Gasteiger partial charge >= 0.3 is 0 Å². The Balaban J connectivity index is 1.71. The zero-order valence-corrected chi connectivity index (χ0v) is 9.61. The van der Waals surface area contributed by atoms with Gasteiger partial charge in [-0.25, -0.2) is 0 Å². The van der Waals surface area contributed by atoms with Crippen molar-refractivity contribution in [3.63, 3.8) is 0 Å². The lowest BCUT2D eigenvalue weighted by molar-refractivity contribution is -0.118. The second-order valence-corrected chi connectivity index (χ2v) is 4.50. The van der Waals surface area contributed by atoms with E-state index in [9.17, 15) is 4.79 Å². The minimum atomic E-state index is 0.0399. The zero-order valence-electron chi connectivity index (χ0n) is 9.61. The van der Waals surface area contributed by atoms with E-state index in [0.717, 1.165) is 42.8 Å². The molecule has 88 valence electrons. The average Bonchev–Trinajstić information content (AvgIpc) is 2.91. The molecule has 1 N–H and O–H groups in total. The van der Waals surface area contributed by atoms with Gasteiger partial charge in [-0.1, -0.05) is 24.3 Å². The van der Waals surface area contributed by atoms with E-state index in [1.54, 1.807) is 0 Å². The van der Waals surface area contributed by atoms with Gasteiger partial charge in [0, 0.05) is 24.8 Å². The third-order valence-corrected chi connectivity index (χ3v) is 3.37. The maximum absolute atomic E-state index is 12.1. The van der Waals surface area contributed by atoms with Crippen LogP contribution in [0.4, 0.5) is 0 Å². The Labute approximate surface area is 101 Å². The van der Waals surface area contributed by atoms with Gasteiger partial charge in [0.05, 0.1) is 0 Å². The summed E-state index contributed by atoms with van der Waals surface area (Å²) in [7, 11) is 0. The van der Waals surface area contributed by atoms with E-state index in [4.69, 9.17) is 4.74 Å². The number of carbonyl (C=O) groups is 1. The molecule has 1 heterocycles. The topological polar surface area (TPSA) is 38.3 Å². The van der Waals surface area contributed by atoms with Crippen molar-refractivity contribution in [1.82, 2.24) is 5.32 Å². The lowest BCUT2D eigenvalue weighted by atomic mass is 10.1. The standard InChI is InChI=1S/C14H15NO2/c16-14(15-11-6-8-17-9-7-11)13-5-4-10-2-1-3-12(10)13/h1-5,11H,6-9H2,(H,15,16). The Bertz CT molecular complexity index is 463. The second-order valence-electron chi connectivity index (χ2n) is 4.50. The Morgan fingerprint density at radius 1 is 1.24 bits per heavy atom. The van der Waals surface area contributed by atoms with Crippen LogP contribution in [0.3, 0.4) is 0 Å². The van der Waals surface area contributed by atoms with E-state index >= 15 is 0 Å². The van der Waals surface area contributed by atoms with Crippen molar-refractivity contribution < 1.29 is 9.53 Å². The molecule has 3 nitrogen and oxygen atoms in total. The van der Waals surface area contributed by atoms with Crippen LogP contribution in [0.2, 0.25) is 0 Å². The summed E-state index contributed by atoms with van der Waals surface area (Å²) >= 11 is 0. The second kappa shape index (κ2) is 4.34. The number of nitrogens with one attached hydrogen (secondary N) is 1. The first-order valence-corrected chi connectivity index (χ1v) is 6.04. The molecule has 3 rings (SSSR count). The number of rotatable bonds is 2. The number of amides is 1. The van der Waals surface area contributed by atoms with Crippen LogP contribution >= 0.6 is 0 Å². The first-order chi connectivity index (χ1) is 8.34. The van der Waals surface area contributed by atoms with E-state index in [1.165, 1.54) is 0 Å². The molecular formula is C14H15NO2. The van der Waals surface area contributed by atoms with Gasteiger partial charge in [-0.05, 0) is 30.1 Å². The highest BCUT2D eigenvalue weighted by atomic mass is 16.5. The number of carbonyl (C=O) groups excluding carboxylic acids is 1. The molecular weight excluding hydrogens is 214 g/mol. The van der Waals surface area contributed by atoms with Crippen LogP contribution < -0.4 is 5.32 Å². The first kappa shape index (κ1) is 10.5. The summed E-state index contributed by atoms with van der Waals surface area (Å²) in [6.07, 6.45) is 11.7. The molecule has 1 amide bonds. The van der Waals surface area contributed by atoms with Crippen LogP contribution in [0.1, 0.15) is 12.8 Å². The van der Waals surface area contributed by atoms with Gasteiger partial charge in [0.1, 0.15) is 0 Å². The van der Waals surface area contributed by atoms with Crippen molar-refractivity contribution in [2.75, 3.05) is 13.2 Å². The third kappa shape index (κ3) is 1.98. The van der Waals surface area contributed by atoms with Gasteiger partial charge in [-0.2, -0.15) is 0 Å². The molecule has 1 saturated heterocycles. The number of ether oxygens (including phenoxy) is 1. The molecule has 2 aliphatic carbocycles. The smallest absolute Gasteiger partial charge is 0.252 e. The quantitative estimate of drug-likeness (QED) is 0.781. The Morgan fingerprint density at radius 2 is 2.06 bits per heavy atom. The van der Waals surface area contributed by atoms with Crippen molar-refractivity contribution in [2.24, 2.45) is 0 Å². The van der Waals surface area contributed by atoms with Crippen LogP contribution in [-0.2, 0) is 9.53 Å². The highest BCUT2D eigenvalue weighted by Gasteiger charge is 2.23. The predicted octanol–water partition coefficient (Wildman–Crippen LogP) is 1.64. The lowest BCUT2D eigenvalue weighted by Gasteiger charge is -2.23. The molecule has 0 radical (unpaired) electrons. The number of allylic oxidation sites excluding steroid dienone is 6. The number of hydrogen-bond donors (Lipinski definition) is 1.